The first-order chi connectivity index (χ1) is 21.7. The van der Waals surface area contributed by atoms with Gasteiger partial charge in [0.15, 0.2) is 0 Å². The number of rotatable bonds is 8. The van der Waals surface area contributed by atoms with Crippen molar-refractivity contribution in [2.75, 3.05) is 9.80 Å². The molecule has 0 aliphatic carbocycles. The van der Waals surface area contributed by atoms with Gasteiger partial charge >= 0.3 is 0 Å². The molecule has 0 spiro atoms. The van der Waals surface area contributed by atoms with Gasteiger partial charge in [-0.15, -0.1) is 10.2 Å². The molecule has 5 heteroatoms. The van der Waals surface area contributed by atoms with Crippen molar-refractivity contribution in [1.29, 1.82) is 0 Å². The Bertz CT molecular complexity index is 1910. The Balaban J connectivity index is 1.24. The molecule has 0 fully saturated rings. The molecule has 212 valence electrons. The fourth-order valence-electron chi connectivity index (χ4n) is 5.38. The first-order valence-electron chi connectivity index (χ1n) is 14.6. The summed E-state index contributed by atoms with van der Waals surface area (Å²) in [5.74, 6) is 0.996. The lowest BCUT2D eigenvalue weighted by Gasteiger charge is -2.29. The van der Waals surface area contributed by atoms with Crippen LogP contribution in [0.2, 0.25) is 0 Å². The summed E-state index contributed by atoms with van der Waals surface area (Å²) in [6.07, 6.45) is 0. The van der Waals surface area contributed by atoms with Gasteiger partial charge in [-0.05, 0) is 103 Å². The molecule has 0 bridgehead atoms. The first-order valence-corrected chi connectivity index (χ1v) is 14.6. The lowest BCUT2D eigenvalue weighted by atomic mass is 10.1. The van der Waals surface area contributed by atoms with Crippen LogP contribution in [0.15, 0.2) is 168 Å². The fourth-order valence-corrected chi connectivity index (χ4v) is 5.38. The second kappa shape index (κ2) is 12.1. The highest BCUT2D eigenvalue weighted by Gasteiger charge is 2.18. The zero-order chi connectivity index (χ0) is 29.7. The summed E-state index contributed by atoms with van der Waals surface area (Å²) in [5, 5.41) is 8.57. The standard InChI is InChI=1S/C39H30N4O/c1-29-13-11-12-20-37(29)43(35-23-21-31(22-24-35)39-41-40-38(44-39)30-14-5-2-6-15-30)36-27-25-34(26-28-36)42(32-16-7-3-8-17-32)33-18-9-4-10-19-33/h2-28H,1H3. The largest absolute Gasteiger partial charge is 0.416 e. The molecule has 5 nitrogen and oxygen atoms in total. The minimum absolute atomic E-state index is 0.490. The fraction of sp³-hybridized carbons (Fsp3) is 0.0256. The summed E-state index contributed by atoms with van der Waals surface area (Å²) < 4.78 is 6.01. The quantitative estimate of drug-likeness (QED) is 0.182. The van der Waals surface area contributed by atoms with Gasteiger partial charge in [0.25, 0.3) is 0 Å². The number of benzene rings is 6. The van der Waals surface area contributed by atoms with E-state index in [1.54, 1.807) is 0 Å². The third-order valence-electron chi connectivity index (χ3n) is 7.57. The van der Waals surface area contributed by atoms with Gasteiger partial charge in [0.2, 0.25) is 11.8 Å². The van der Waals surface area contributed by atoms with Gasteiger partial charge in [0.1, 0.15) is 0 Å². The number of anilines is 6. The molecular formula is C39H30N4O. The summed E-state index contributed by atoms with van der Waals surface area (Å²) in [4.78, 5) is 4.55. The molecule has 0 saturated carbocycles. The van der Waals surface area contributed by atoms with E-state index in [0.29, 0.717) is 11.8 Å². The Hall–Kier alpha value is -5.94. The average molecular weight is 571 g/mol. The van der Waals surface area contributed by atoms with Crippen LogP contribution in [0.3, 0.4) is 0 Å². The van der Waals surface area contributed by atoms with Gasteiger partial charge in [-0.1, -0.05) is 72.8 Å². The molecule has 0 saturated heterocycles. The lowest BCUT2D eigenvalue weighted by molar-refractivity contribution is 0.584. The van der Waals surface area contributed by atoms with Crippen LogP contribution in [0.4, 0.5) is 34.1 Å². The smallest absolute Gasteiger partial charge is 0.248 e. The van der Waals surface area contributed by atoms with E-state index < -0.39 is 0 Å². The van der Waals surface area contributed by atoms with E-state index in [1.807, 2.05) is 54.6 Å². The minimum Gasteiger partial charge on any atom is -0.416 e. The van der Waals surface area contributed by atoms with E-state index in [1.165, 1.54) is 5.56 Å². The van der Waals surface area contributed by atoms with Crippen molar-refractivity contribution in [3.05, 3.63) is 169 Å². The highest BCUT2D eigenvalue weighted by Crippen LogP contribution is 2.40. The van der Waals surface area contributed by atoms with Gasteiger partial charge in [0, 0.05) is 45.3 Å². The highest BCUT2D eigenvalue weighted by molar-refractivity contribution is 5.82. The Kier molecular flexibility index (Phi) is 7.42. The van der Waals surface area contributed by atoms with Gasteiger partial charge in [-0.25, -0.2) is 0 Å². The average Bonchev–Trinajstić information content (AvgIpc) is 3.59. The number of hydrogen-bond donors (Lipinski definition) is 0. The maximum atomic E-state index is 6.01. The van der Waals surface area contributed by atoms with Crippen molar-refractivity contribution in [3.63, 3.8) is 0 Å². The predicted octanol–water partition coefficient (Wildman–Crippen LogP) is 10.7. The van der Waals surface area contributed by atoms with Crippen LogP contribution in [0.5, 0.6) is 0 Å². The normalized spacial score (nSPS) is 10.8. The summed E-state index contributed by atoms with van der Waals surface area (Å²) in [7, 11) is 0. The first kappa shape index (κ1) is 26.9. The topological polar surface area (TPSA) is 45.4 Å². The molecule has 1 heterocycles. The van der Waals surface area contributed by atoms with Gasteiger partial charge < -0.3 is 14.2 Å². The van der Waals surface area contributed by atoms with Crippen molar-refractivity contribution >= 4 is 34.1 Å². The Morgan fingerprint density at radius 1 is 0.386 bits per heavy atom. The molecule has 7 rings (SSSR count). The number of aromatic nitrogens is 2. The number of para-hydroxylation sites is 3. The van der Waals surface area contributed by atoms with E-state index >= 15 is 0 Å². The van der Waals surface area contributed by atoms with Crippen molar-refractivity contribution in [3.8, 4) is 22.9 Å². The molecule has 0 unspecified atom stereocenters. The van der Waals surface area contributed by atoms with E-state index in [0.717, 1.165) is 45.3 Å². The molecule has 44 heavy (non-hydrogen) atoms. The van der Waals surface area contributed by atoms with Crippen LogP contribution in [0.1, 0.15) is 5.56 Å². The molecule has 0 N–H and O–H groups in total. The molecule has 0 aliphatic rings. The third-order valence-corrected chi connectivity index (χ3v) is 7.57. The van der Waals surface area contributed by atoms with Crippen molar-refractivity contribution in [2.45, 2.75) is 6.92 Å². The Labute approximate surface area is 257 Å². The summed E-state index contributed by atoms with van der Waals surface area (Å²) in [5.41, 5.74) is 9.43. The van der Waals surface area contributed by atoms with Gasteiger partial charge in [-0.2, -0.15) is 0 Å². The summed E-state index contributed by atoms with van der Waals surface area (Å²) in [6.45, 7) is 2.14. The molecule has 0 aliphatic heterocycles. The summed E-state index contributed by atoms with van der Waals surface area (Å²) in [6, 6.07) is 56.1. The van der Waals surface area contributed by atoms with Crippen molar-refractivity contribution in [2.24, 2.45) is 0 Å². The van der Waals surface area contributed by atoms with Crippen LogP contribution < -0.4 is 9.80 Å². The molecular weight excluding hydrogens is 540 g/mol. The maximum absolute atomic E-state index is 6.01. The molecule has 1 aromatic heterocycles. The van der Waals surface area contributed by atoms with E-state index in [-0.39, 0.29) is 0 Å². The van der Waals surface area contributed by atoms with Crippen molar-refractivity contribution in [1.82, 2.24) is 10.2 Å². The number of aryl methyl sites for hydroxylation is 1. The molecule has 0 radical (unpaired) electrons. The molecule has 7 aromatic rings. The highest BCUT2D eigenvalue weighted by atomic mass is 16.4. The van der Waals surface area contributed by atoms with Gasteiger partial charge in [0.05, 0.1) is 0 Å². The zero-order valence-electron chi connectivity index (χ0n) is 24.3. The second-order valence-corrected chi connectivity index (χ2v) is 10.5. The van der Waals surface area contributed by atoms with E-state index in [4.69, 9.17) is 4.42 Å². The van der Waals surface area contributed by atoms with Gasteiger partial charge in [-0.3, -0.25) is 0 Å². The minimum atomic E-state index is 0.490. The predicted molar refractivity (Wildman–Crippen MR) is 179 cm³/mol. The molecule has 6 aromatic carbocycles. The molecule has 0 atom stereocenters. The van der Waals surface area contributed by atoms with Crippen LogP contribution in [-0.4, -0.2) is 10.2 Å². The third kappa shape index (κ3) is 5.46. The van der Waals surface area contributed by atoms with Crippen molar-refractivity contribution < 1.29 is 4.42 Å². The number of hydrogen-bond acceptors (Lipinski definition) is 5. The Morgan fingerprint density at radius 2 is 0.773 bits per heavy atom. The maximum Gasteiger partial charge on any atom is 0.248 e. The monoisotopic (exact) mass is 570 g/mol. The van der Waals surface area contributed by atoms with E-state index in [9.17, 15) is 0 Å². The van der Waals surface area contributed by atoms with E-state index in [2.05, 4.69) is 136 Å². The van der Waals surface area contributed by atoms with Crippen LogP contribution in [-0.2, 0) is 0 Å². The SMILES string of the molecule is Cc1ccccc1N(c1ccc(-c2nnc(-c3ccccc3)o2)cc1)c1ccc(N(c2ccccc2)c2ccccc2)cc1. The van der Waals surface area contributed by atoms with Crippen LogP contribution in [0, 0.1) is 6.92 Å². The summed E-state index contributed by atoms with van der Waals surface area (Å²) >= 11 is 0. The van der Waals surface area contributed by atoms with Crippen LogP contribution >= 0.6 is 0 Å². The second-order valence-electron chi connectivity index (χ2n) is 10.5. The lowest BCUT2D eigenvalue weighted by Crippen LogP contribution is -2.12. The molecule has 0 amide bonds. The zero-order valence-corrected chi connectivity index (χ0v) is 24.3. The van der Waals surface area contributed by atoms with Crippen LogP contribution in [0.25, 0.3) is 22.9 Å². The number of nitrogens with zero attached hydrogens (tertiary/aromatic N) is 4. The Morgan fingerprint density at radius 3 is 1.30 bits per heavy atom.